The van der Waals surface area contributed by atoms with E-state index in [-0.39, 0.29) is 12.0 Å². The summed E-state index contributed by atoms with van der Waals surface area (Å²) < 4.78 is 5.14. The molecule has 1 rings (SSSR count). The third-order valence-electron chi connectivity index (χ3n) is 3.06. The van der Waals surface area contributed by atoms with E-state index in [1.807, 2.05) is 23.8 Å². The van der Waals surface area contributed by atoms with Gasteiger partial charge in [-0.05, 0) is 20.8 Å². The molecule has 0 fully saturated rings. The Kier molecular flexibility index (Phi) is 5.75. The number of hydrogen-bond donors (Lipinski definition) is 1. The zero-order valence-electron chi connectivity index (χ0n) is 12.4. The average molecular weight is 268 g/mol. The first-order valence-electron chi connectivity index (χ1n) is 6.51. The zero-order chi connectivity index (χ0) is 14.4. The molecule has 0 saturated heterocycles. The number of nitrogens with two attached hydrogens (primary N) is 1. The zero-order valence-corrected chi connectivity index (χ0v) is 12.4. The monoisotopic (exact) mass is 268 g/mol. The van der Waals surface area contributed by atoms with Gasteiger partial charge in [-0.2, -0.15) is 15.0 Å². The number of nitrogens with zero attached hydrogens (tertiary/aromatic N) is 5. The minimum Gasteiger partial charge on any atom is -0.383 e. The molecule has 0 spiro atoms. The lowest BCUT2D eigenvalue weighted by atomic mass is 10.3. The van der Waals surface area contributed by atoms with Crippen LogP contribution >= 0.6 is 0 Å². The average Bonchev–Trinajstić information content (AvgIpc) is 2.39. The van der Waals surface area contributed by atoms with Crippen molar-refractivity contribution in [1.82, 2.24) is 15.0 Å². The molecule has 2 N–H and O–H groups in total. The molecule has 1 heterocycles. The van der Waals surface area contributed by atoms with Gasteiger partial charge in [0.05, 0.1) is 12.6 Å². The summed E-state index contributed by atoms with van der Waals surface area (Å²) >= 11 is 0. The van der Waals surface area contributed by atoms with Crippen molar-refractivity contribution in [2.45, 2.75) is 26.8 Å². The van der Waals surface area contributed by atoms with Gasteiger partial charge in [-0.1, -0.05) is 0 Å². The molecule has 0 amide bonds. The summed E-state index contributed by atoms with van der Waals surface area (Å²) in [5, 5.41) is 0. The number of ether oxygens (including phenoxy) is 1. The fraction of sp³-hybridized carbons (Fsp3) is 0.750. The molecule has 0 bridgehead atoms. The normalized spacial score (nSPS) is 12.3. The van der Waals surface area contributed by atoms with Crippen molar-refractivity contribution in [3.63, 3.8) is 0 Å². The van der Waals surface area contributed by atoms with Crippen LogP contribution in [0, 0.1) is 0 Å². The van der Waals surface area contributed by atoms with Crippen molar-refractivity contribution in [1.29, 1.82) is 0 Å². The van der Waals surface area contributed by atoms with Gasteiger partial charge in [-0.25, -0.2) is 0 Å². The maximum Gasteiger partial charge on any atom is 0.232 e. The second kappa shape index (κ2) is 7.08. The van der Waals surface area contributed by atoms with Gasteiger partial charge in [0.1, 0.15) is 0 Å². The summed E-state index contributed by atoms with van der Waals surface area (Å²) in [5.74, 6) is 1.42. The predicted molar refractivity (Wildman–Crippen MR) is 77.5 cm³/mol. The molecule has 0 saturated carbocycles. The summed E-state index contributed by atoms with van der Waals surface area (Å²) in [6, 6.07) is 0.163. The van der Waals surface area contributed by atoms with Crippen LogP contribution in [0.5, 0.6) is 0 Å². The maximum absolute atomic E-state index is 5.77. The van der Waals surface area contributed by atoms with Crippen molar-refractivity contribution in [3.05, 3.63) is 0 Å². The highest BCUT2D eigenvalue weighted by Gasteiger charge is 2.16. The third-order valence-corrected chi connectivity index (χ3v) is 3.06. The highest BCUT2D eigenvalue weighted by Crippen LogP contribution is 2.15. The van der Waals surface area contributed by atoms with Gasteiger partial charge >= 0.3 is 0 Å². The van der Waals surface area contributed by atoms with Crippen LogP contribution in [0.3, 0.4) is 0 Å². The smallest absolute Gasteiger partial charge is 0.232 e. The lowest BCUT2D eigenvalue weighted by Gasteiger charge is -2.26. The minimum absolute atomic E-state index is 0.163. The molecule has 0 aliphatic carbocycles. The first-order valence-corrected chi connectivity index (χ1v) is 6.51. The Morgan fingerprint density at radius 3 is 2.26 bits per heavy atom. The Morgan fingerprint density at radius 1 is 1.16 bits per heavy atom. The van der Waals surface area contributed by atoms with Gasteiger partial charge in [0.2, 0.25) is 17.8 Å². The second-order valence-corrected chi connectivity index (χ2v) is 4.38. The number of rotatable bonds is 7. The van der Waals surface area contributed by atoms with Crippen LogP contribution in [-0.2, 0) is 4.74 Å². The number of likely N-dealkylation sites (N-methyl/N-ethyl adjacent to an activating group) is 1. The Bertz CT molecular complexity index is 396. The molecule has 0 aliphatic heterocycles. The van der Waals surface area contributed by atoms with E-state index in [0.29, 0.717) is 18.5 Å². The molecule has 7 heteroatoms. The molecule has 108 valence electrons. The molecular weight excluding hydrogens is 244 g/mol. The van der Waals surface area contributed by atoms with Crippen molar-refractivity contribution >= 4 is 17.8 Å². The van der Waals surface area contributed by atoms with Gasteiger partial charge in [-0.15, -0.1) is 0 Å². The highest BCUT2D eigenvalue weighted by atomic mass is 16.5. The largest absolute Gasteiger partial charge is 0.383 e. The van der Waals surface area contributed by atoms with E-state index in [1.165, 1.54) is 0 Å². The number of hydrogen-bond acceptors (Lipinski definition) is 7. The molecule has 1 unspecified atom stereocenters. The van der Waals surface area contributed by atoms with Crippen LogP contribution in [0.4, 0.5) is 17.8 Å². The molecule has 1 aromatic rings. The van der Waals surface area contributed by atoms with Crippen LogP contribution in [0.1, 0.15) is 20.8 Å². The van der Waals surface area contributed by atoms with E-state index < -0.39 is 0 Å². The summed E-state index contributed by atoms with van der Waals surface area (Å²) in [6.07, 6.45) is 0. The number of anilines is 3. The Morgan fingerprint density at radius 2 is 1.74 bits per heavy atom. The Balaban J connectivity index is 3.01. The molecule has 1 atom stereocenters. The van der Waals surface area contributed by atoms with Crippen molar-refractivity contribution in [2.24, 2.45) is 0 Å². The first kappa shape index (κ1) is 15.4. The molecule has 0 aromatic carbocycles. The molecular formula is C12H24N6O. The summed E-state index contributed by atoms with van der Waals surface area (Å²) in [7, 11) is 3.60. The van der Waals surface area contributed by atoms with Crippen LogP contribution in [-0.4, -0.2) is 54.8 Å². The fourth-order valence-corrected chi connectivity index (χ4v) is 1.73. The molecule has 7 nitrogen and oxygen atoms in total. The van der Waals surface area contributed by atoms with Crippen LogP contribution in [0.25, 0.3) is 0 Å². The number of nitrogen functional groups attached to an aromatic ring is 1. The summed E-state index contributed by atoms with van der Waals surface area (Å²) in [6.45, 7) is 8.41. The van der Waals surface area contributed by atoms with E-state index in [2.05, 4.69) is 28.8 Å². The lowest BCUT2D eigenvalue weighted by molar-refractivity contribution is 0.183. The highest BCUT2D eigenvalue weighted by molar-refractivity contribution is 5.43. The van der Waals surface area contributed by atoms with E-state index >= 15 is 0 Å². The van der Waals surface area contributed by atoms with Crippen molar-refractivity contribution in [3.8, 4) is 0 Å². The Hall–Kier alpha value is -1.63. The third kappa shape index (κ3) is 3.92. The molecule has 1 aromatic heterocycles. The molecule has 0 aliphatic rings. The van der Waals surface area contributed by atoms with Crippen LogP contribution in [0.15, 0.2) is 0 Å². The van der Waals surface area contributed by atoms with E-state index in [1.54, 1.807) is 7.11 Å². The molecule has 19 heavy (non-hydrogen) atoms. The topological polar surface area (TPSA) is 80.4 Å². The van der Waals surface area contributed by atoms with Crippen molar-refractivity contribution in [2.75, 3.05) is 49.4 Å². The number of methoxy groups -OCH3 is 1. The summed E-state index contributed by atoms with van der Waals surface area (Å²) in [4.78, 5) is 16.8. The van der Waals surface area contributed by atoms with Gasteiger partial charge in [0.25, 0.3) is 0 Å². The lowest BCUT2D eigenvalue weighted by Crippen LogP contribution is -2.35. The molecule has 0 radical (unpaired) electrons. The van der Waals surface area contributed by atoms with Gasteiger partial charge in [0, 0.05) is 27.2 Å². The van der Waals surface area contributed by atoms with E-state index in [0.717, 1.165) is 13.1 Å². The van der Waals surface area contributed by atoms with E-state index in [9.17, 15) is 0 Å². The SMILES string of the molecule is CCN(CC)c1nc(N)nc(N(C)C(C)COC)n1. The summed E-state index contributed by atoms with van der Waals surface area (Å²) in [5.41, 5.74) is 5.77. The van der Waals surface area contributed by atoms with E-state index in [4.69, 9.17) is 10.5 Å². The van der Waals surface area contributed by atoms with Gasteiger partial charge < -0.3 is 20.3 Å². The Labute approximate surface area is 114 Å². The second-order valence-electron chi connectivity index (χ2n) is 4.38. The maximum atomic E-state index is 5.77. The standard InChI is InChI=1S/C12H24N6O/c1-6-18(7-2)12-15-10(13)14-11(16-12)17(4)9(3)8-19-5/h9H,6-8H2,1-5H3,(H2,13,14,15,16). The van der Waals surface area contributed by atoms with Gasteiger partial charge in [0.15, 0.2) is 0 Å². The number of aromatic nitrogens is 3. The van der Waals surface area contributed by atoms with Crippen LogP contribution in [0.2, 0.25) is 0 Å². The van der Waals surface area contributed by atoms with Gasteiger partial charge in [-0.3, -0.25) is 0 Å². The predicted octanol–water partition coefficient (Wildman–Crippen LogP) is 0.771. The first-order chi connectivity index (χ1) is 9.03. The quantitative estimate of drug-likeness (QED) is 0.782. The van der Waals surface area contributed by atoms with Crippen LogP contribution < -0.4 is 15.5 Å². The fourth-order valence-electron chi connectivity index (χ4n) is 1.73. The van der Waals surface area contributed by atoms with Crippen molar-refractivity contribution < 1.29 is 4.74 Å². The minimum atomic E-state index is 0.163.